The molecule has 2 aromatic carbocycles. The SMILES string of the molecule is C#CCC12C(=O)c3ccccc3C1=CC(=O)C(C(=O)OCC)C2c1ccccc1. The van der Waals surface area contributed by atoms with Gasteiger partial charge in [-0.2, -0.15) is 0 Å². The summed E-state index contributed by atoms with van der Waals surface area (Å²) in [5, 5.41) is 0. The zero-order valence-electron chi connectivity index (χ0n) is 16.1. The molecule has 0 saturated heterocycles. The molecule has 2 aliphatic rings. The van der Waals surface area contributed by atoms with Crippen LogP contribution in [-0.2, 0) is 14.3 Å². The second kappa shape index (κ2) is 7.18. The molecule has 29 heavy (non-hydrogen) atoms. The Morgan fingerprint density at radius 3 is 2.38 bits per heavy atom. The van der Waals surface area contributed by atoms with Crippen LogP contribution in [0.3, 0.4) is 0 Å². The number of rotatable bonds is 4. The van der Waals surface area contributed by atoms with Gasteiger partial charge in [0.05, 0.1) is 12.0 Å². The van der Waals surface area contributed by atoms with Gasteiger partial charge in [0.15, 0.2) is 11.6 Å². The molecule has 0 saturated carbocycles. The normalized spacial score (nSPS) is 24.9. The molecule has 144 valence electrons. The van der Waals surface area contributed by atoms with E-state index < -0.39 is 23.2 Å². The average molecular weight is 384 g/mol. The van der Waals surface area contributed by atoms with E-state index in [2.05, 4.69) is 5.92 Å². The Kier molecular flexibility index (Phi) is 4.68. The number of carbonyl (C=O) groups is 3. The lowest BCUT2D eigenvalue weighted by Crippen LogP contribution is -2.47. The Balaban J connectivity index is 2.03. The molecule has 0 bridgehead atoms. The number of carbonyl (C=O) groups excluding carboxylic acids is 3. The summed E-state index contributed by atoms with van der Waals surface area (Å²) in [5.74, 6) is -0.328. The van der Waals surface area contributed by atoms with Crippen molar-refractivity contribution in [2.45, 2.75) is 19.3 Å². The Morgan fingerprint density at radius 1 is 1.07 bits per heavy atom. The summed E-state index contributed by atoms with van der Waals surface area (Å²) in [6.45, 7) is 1.84. The number of hydrogen-bond donors (Lipinski definition) is 0. The van der Waals surface area contributed by atoms with Gasteiger partial charge in [-0.05, 0) is 29.7 Å². The maximum Gasteiger partial charge on any atom is 0.317 e. The first-order valence-electron chi connectivity index (χ1n) is 9.61. The molecule has 4 nitrogen and oxygen atoms in total. The van der Waals surface area contributed by atoms with Crippen molar-refractivity contribution in [3.63, 3.8) is 0 Å². The average Bonchev–Trinajstić information content (AvgIpc) is 2.97. The van der Waals surface area contributed by atoms with E-state index >= 15 is 0 Å². The lowest BCUT2D eigenvalue weighted by Gasteiger charge is -2.42. The van der Waals surface area contributed by atoms with E-state index in [-0.39, 0.29) is 24.6 Å². The van der Waals surface area contributed by atoms with Crippen LogP contribution >= 0.6 is 0 Å². The molecule has 2 aromatic rings. The Labute approximate surface area is 169 Å². The first-order chi connectivity index (χ1) is 14.1. The molecule has 0 aliphatic heterocycles. The van der Waals surface area contributed by atoms with Crippen molar-refractivity contribution in [3.05, 3.63) is 77.4 Å². The first kappa shape index (κ1) is 18.9. The van der Waals surface area contributed by atoms with Crippen molar-refractivity contribution < 1.29 is 19.1 Å². The van der Waals surface area contributed by atoms with Crippen molar-refractivity contribution >= 4 is 23.1 Å². The fourth-order valence-electron chi connectivity index (χ4n) is 4.78. The fourth-order valence-corrected chi connectivity index (χ4v) is 4.78. The van der Waals surface area contributed by atoms with Gasteiger partial charge in [0.2, 0.25) is 0 Å². The van der Waals surface area contributed by atoms with Crippen LogP contribution in [-0.4, -0.2) is 24.1 Å². The number of ether oxygens (including phenoxy) is 1. The van der Waals surface area contributed by atoms with E-state index in [0.29, 0.717) is 16.7 Å². The smallest absolute Gasteiger partial charge is 0.317 e. The monoisotopic (exact) mass is 384 g/mol. The summed E-state index contributed by atoms with van der Waals surface area (Å²) in [6.07, 6.45) is 7.26. The molecular weight excluding hydrogens is 364 g/mol. The molecule has 0 amide bonds. The quantitative estimate of drug-likeness (QED) is 0.457. The van der Waals surface area contributed by atoms with Crippen LogP contribution in [0.1, 0.15) is 40.7 Å². The van der Waals surface area contributed by atoms with Gasteiger partial charge < -0.3 is 4.74 Å². The fraction of sp³-hybridized carbons (Fsp3) is 0.240. The highest BCUT2D eigenvalue weighted by Crippen LogP contribution is 2.61. The predicted octanol–water partition coefficient (Wildman–Crippen LogP) is 3.82. The van der Waals surface area contributed by atoms with Crippen molar-refractivity contribution in [2.75, 3.05) is 6.61 Å². The number of fused-ring (bicyclic) bond motifs is 3. The van der Waals surface area contributed by atoms with E-state index in [1.165, 1.54) is 6.08 Å². The minimum Gasteiger partial charge on any atom is -0.465 e. The third-order valence-corrected chi connectivity index (χ3v) is 5.89. The van der Waals surface area contributed by atoms with Crippen LogP contribution in [0.2, 0.25) is 0 Å². The van der Waals surface area contributed by atoms with E-state index in [1.54, 1.807) is 19.1 Å². The molecule has 0 radical (unpaired) electrons. The van der Waals surface area contributed by atoms with Crippen molar-refractivity contribution in [3.8, 4) is 12.3 Å². The number of terminal acetylenes is 1. The van der Waals surface area contributed by atoms with E-state index in [9.17, 15) is 14.4 Å². The van der Waals surface area contributed by atoms with Gasteiger partial charge in [0.1, 0.15) is 5.92 Å². The predicted molar refractivity (Wildman–Crippen MR) is 109 cm³/mol. The molecule has 0 spiro atoms. The van der Waals surface area contributed by atoms with E-state index in [4.69, 9.17) is 11.2 Å². The van der Waals surface area contributed by atoms with Gasteiger partial charge in [0, 0.05) is 17.9 Å². The zero-order chi connectivity index (χ0) is 20.6. The highest BCUT2D eigenvalue weighted by molar-refractivity contribution is 6.24. The molecule has 0 aromatic heterocycles. The highest BCUT2D eigenvalue weighted by atomic mass is 16.5. The second-order valence-electron chi connectivity index (χ2n) is 7.31. The van der Waals surface area contributed by atoms with Crippen LogP contribution < -0.4 is 0 Å². The van der Waals surface area contributed by atoms with Gasteiger partial charge in [-0.15, -0.1) is 12.3 Å². The zero-order valence-corrected chi connectivity index (χ0v) is 16.1. The molecule has 2 aliphatic carbocycles. The number of Topliss-reactive ketones (excluding diaryl/α,β-unsaturated/α-hetero) is 1. The molecule has 4 heteroatoms. The standard InChI is InChI=1S/C25H20O4/c1-3-14-25-19(17-12-8-9-13-18(17)23(25)27)15-20(26)21(24(28)29-4-2)22(25)16-10-6-5-7-11-16/h1,5-13,15,21-22H,4,14H2,2H3. The number of esters is 1. The minimum atomic E-state index is -1.18. The van der Waals surface area contributed by atoms with Gasteiger partial charge in [0.25, 0.3) is 0 Å². The lowest BCUT2D eigenvalue weighted by atomic mass is 9.57. The summed E-state index contributed by atoms with van der Waals surface area (Å²) in [5.41, 5.74) is 1.40. The Morgan fingerprint density at radius 2 is 1.72 bits per heavy atom. The first-order valence-corrected chi connectivity index (χ1v) is 9.61. The maximum atomic E-state index is 13.8. The topological polar surface area (TPSA) is 60.4 Å². The summed E-state index contributed by atoms with van der Waals surface area (Å²) >= 11 is 0. The third kappa shape index (κ3) is 2.66. The highest BCUT2D eigenvalue weighted by Gasteiger charge is 2.61. The molecule has 3 unspecified atom stereocenters. The summed E-state index contributed by atoms with van der Waals surface area (Å²) in [4.78, 5) is 39.8. The van der Waals surface area contributed by atoms with Crippen LogP contribution in [0.25, 0.3) is 5.57 Å². The Hall–Kier alpha value is -3.45. The van der Waals surface area contributed by atoms with E-state index in [0.717, 1.165) is 5.56 Å². The summed E-state index contributed by atoms with van der Waals surface area (Å²) in [7, 11) is 0. The molecule has 0 fully saturated rings. The number of ketones is 2. The van der Waals surface area contributed by atoms with Gasteiger partial charge in [-0.1, -0.05) is 54.6 Å². The third-order valence-electron chi connectivity index (χ3n) is 5.89. The second-order valence-corrected chi connectivity index (χ2v) is 7.31. The summed E-state index contributed by atoms with van der Waals surface area (Å²) < 4.78 is 5.24. The van der Waals surface area contributed by atoms with Gasteiger partial charge in [-0.3, -0.25) is 14.4 Å². The number of benzene rings is 2. The van der Waals surface area contributed by atoms with Gasteiger partial charge in [-0.25, -0.2) is 0 Å². The van der Waals surface area contributed by atoms with Crippen LogP contribution in [0.5, 0.6) is 0 Å². The molecule has 0 N–H and O–H groups in total. The summed E-state index contributed by atoms with van der Waals surface area (Å²) in [6, 6.07) is 16.4. The van der Waals surface area contributed by atoms with Crippen LogP contribution in [0.15, 0.2) is 60.7 Å². The molecular formula is C25H20O4. The van der Waals surface area contributed by atoms with Crippen molar-refractivity contribution in [2.24, 2.45) is 11.3 Å². The van der Waals surface area contributed by atoms with Gasteiger partial charge >= 0.3 is 5.97 Å². The molecule has 0 heterocycles. The minimum absolute atomic E-state index is 0.0924. The number of hydrogen-bond acceptors (Lipinski definition) is 4. The maximum absolute atomic E-state index is 13.8. The molecule has 4 rings (SSSR count). The Bertz CT molecular complexity index is 1070. The van der Waals surface area contributed by atoms with E-state index in [1.807, 2.05) is 42.5 Å². The van der Waals surface area contributed by atoms with Crippen molar-refractivity contribution in [1.29, 1.82) is 0 Å². The van der Waals surface area contributed by atoms with Crippen LogP contribution in [0.4, 0.5) is 0 Å². The lowest BCUT2D eigenvalue weighted by molar-refractivity contribution is -0.152. The largest absolute Gasteiger partial charge is 0.465 e. The van der Waals surface area contributed by atoms with Crippen molar-refractivity contribution in [1.82, 2.24) is 0 Å². The van der Waals surface area contributed by atoms with Crippen LogP contribution in [0, 0.1) is 23.7 Å². The number of allylic oxidation sites excluding steroid dienone is 2. The molecule has 3 atom stereocenters.